The van der Waals surface area contributed by atoms with Crippen LogP contribution in [0.2, 0.25) is 0 Å². The van der Waals surface area contributed by atoms with E-state index in [0.717, 1.165) is 34.4 Å². The van der Waals surface area contributed by atoms with Gasteiger partial charge < -0.3 is 55.8 Å². The molecule has 0 amide bonds. The van der Waals surface area contributed by atoms with Crippen LogP contribution in [0.3, 0.4) is 0 Å². The lowest BCUT2D eigenvalue weighted by atomic mass is 9.89. The molecule has 3 aromatic heterocycles. The van der Waals surface area contributed by atoms with Crippen molar-refractivity contribution >= 4 is 159 Å². The zero-order chi connectivity index (χ0) is 50.8. The van der Waals surface area contributed by atoms with E-state index in [4.69, 9.17) is 30.6 Å². The monoisotopic (exact) mass is 1330 g/mol. The molecule has 6 rings (SSSR count). The molecule has 0 aliphatic rings. The van der Waals surface area contributed by atoms with Crippen LogP contribution in [-0.4, -0.2) is 126 Å². The molecule has 25 heteroatoms. The third kappa shape index (κ3) is 20.7. The van der Waals surface area contributed by atoms with Gasteiger partial charge in [0.15, 0.2) is 11.2 Å². The Morgan fingerprint density at radius 2 is 0.729 bits per heavy atom. The van der Waals surface area contributed by atoms with E-state index in [2.05, 4.69) is 81.1 Å². The molecular formula is C45H51I3N3O18P. The number of H-pyrrole nitrogens is 3. The predicted molar refractivity (Wildman–Crippen MR) is 286 cm³/mol. The van der Waals surface area contributed by atoms with Gasteiger partial charge in [-0.05, 0) is 101 Å². The van der Waals surface area contributed by atoms with Gasteiger partial charge in [-0.2, -0.15) is 0 Å². The van der Waals surface area contributed by atoms with Gasteiger partial charge >= 0.3 is 35.8 Å². The topological polar surface area (TPSA) is 380 Å². The summed E-state index contributed by atoms with van der Waals surface area (Å²) < 4.78 is 0.290. The third-order valence-corrected chi connectivity index (χ3v) is 9.06. The van der Waals surface area contributed by atoms with Gasteiger partial charge in [0, 0.05) is 77.5 Å². The highest BCUT2D eigenvalue weighted by molar-refractivity contribution is 14.4. The predicted octanol–water partition coefficient (Wildman–Crippen LogP) is 7.59. The number of hydrogen-bond acceptors (Lipinski definition) is 12. The fraction of sp³-hybridized carbons (Fsp3) is 0.244. The molecular weight excluding hydrogens is 1280 g/mol. The minimum absolute atomic E-state index is 0. The standard InChI is InChI=1S/2C14H13NO6.C11H9NO3.C3H4O3.3CH4.I3P/c2*16-11(12(17)18)6-14(21,13(19)20)5-8-7-15-10-4-2-1-3-9(8)10;13-10(11(14)15)5-7-6-12-9-4-2-1-3-8(7)9;1-2(4)3(5)6;;;;1-4(2)3/h2*1-4,7,15,21H,5-6H2,(H,17,18)(H,19,20);1-4,6,12H,5H2,(H,14,15);1H3,(H,5,6);3*1H4;/t2*14-;;;;;;/m10....../s1. The first-order valence-corrected chi connectivity index (χ1v) is 28.3. The number of rotatable bonds is 16. The average molecular weight is 1330 g/mol. The van der Waals surface area contributed by atoms with Crippen molar-refractivity contribution in [3.63, 3.8) is 0 Å². The van der Waals surface area contributed by atoms with E-state index in [0.29, 0.717) is 21.9 Å². The van der Waals surface area contributed by atoms with Crippen LogP contribution in [0.5, 0.6) is 0 Å². The second-order valence-electron chi connectivity index (χ2n) is 13.9. The number of hydrogen-bond donors (Lipinski definition) is 11. The maximum absolute atomic E-state index is 11.2. The largest absolute Gasteiger partial charge is 0.479 e. The number of carboxylic acids is 6. The molecule has 380 valence electrons. The third-order valence-electron chi connectivity index (χ3n) is 9.06. The van der Waals surface area contributed by atoms with Gasteiger partial charge in [0.25, 0.3) is 0 Å². The van der Waals surface area contributed by atoms with Crippen molar-refractivity contribution in [2.24, 2.45) is 0 Å². The lowest BCUT2D eigenvalue weighted by molar-refractivity contribution is -0.164. The first kappa shape index (κ1) is 66.4. The Hall–Kier alpha value is -5.68. The van der Waals surface area contributed by atoms with E-state index >= 15 is 0 Å². The number of benzene rings is 3. The Labute approximate surface area is 439 Å². The van der Waals surface area contributed by atoms with Crippen LogP contribution in [0, 0.1) is 0 Å². The summed E-state index contributed by atoms with van der Waals surface area (Å²) in [7, 11) is 0. The molecule has 70 heavy (non-hydrogen) atoms. The van der Waals surface area contributed by atoms with Crippen molar-refractivity contribution in [1.82, 2.24) is 15.0 Å². The van der Waals surface area contributed by atoms with Crippen LogP contribution in [0.25, 0.3) is 32.7 Å². The highest BCUT2D eigenvalue weighted by Crippen LogP contribution is 2.61. The number of carbonyl (C=O) groups excluding carboxylic acids is 4. The summed E-state index contributed by atoms with van der Waals surface area (Å²) in [5, 5.41) is 74.1. The first-order chi connectivity index (χ1) is 31.2. The molecule has 0 spiro atoms. The van der Waals surface area contributed by atoms with Crippen LogP contribution in [0.1, 0.15) is 58.7 Å². The maximum atomic E-state index is 11.2. The molecule has 11 N–H and O–H groups in total. The van der Waals surface area contributed by atoms with Gasteiger partial charge in [0.1, 0.15) is 0 Å². The quantitative estimate of drug-likeness (QED) is 0.0252. The smallest absolute Gasteiger partial charge is 0.372 e. The number of nitrogens with one attached hydrogen (secondary N) is 3. The molecule has 21 nitrogen and oxygen atoms in total. The van der Waals surface area contributed by atoms with E-state index in [1.54, 1.807) is 54.7 Å². The van der Waals surface area contributed by atoms with Crippen LogP contribution < -0.4 is 0 Å². The normalized spacial score (nSPS) is 11.6. The number of fused-ring (bicyclic) bond motifs is 3. The van der Waals surface area contributed by atoms with Gasteiger partial charge in [0.2, 0.25) is 23.1 Å². The van der Waals surface area contributed by atoms with Crippen LogP contribution in [0.15, 0.2) is 91.4 Å². The van der Waals surface area contributed by atoms with Crippen molar-refractivity contribution in [3.05, 3.63) is 108 Å². The van der Waals surface area contributed by atoms with Crippen molar-refractivity contribution in [1.29, 1.82) is 0 Å². The highest BCUT2D eigenvalue weighted by atomic mass is 127. The number of aliphatic carboxylic acids is 6. The summed E-state index contributed by atoms with van der Waals surface area (Å²) in [6.45, 7) is 1.00. The fourth-order valence-corrected chi connectivity index (χ4v) is 5.82. The van der Waals surface area contributed by atoms with E-state index in [1.807, 2.05) is 24.3 Å². The molecule has 0 bridgehead atoms. The summed E-state index contributed by atoms with van der Waals surface area (Å²) in [6.07, 6.45) is 1.95. The maximum Gasteiger partial charge on any atom is 0.372 e. The zero-order valence-corrected chi connectivity index (χ0v) is 41.8. The Kier molecular flexibility index (Phi) is 29.2. The number of aromatic nitrogens is 3. The van der Waals surface area contributed by atoms with Gasteiger partial charge in [-0.3, -0.25) is 19.2 Å². The number of ketones is 4. The molecule has 0 aliphatic carbocycles. The zero-order valence-electron chi connectivity index (χ0n) is 34.4. The fourth-order valence-electron chi connectivity index (χ4n) is 5.82. The molecule has 6 aromatic rings. The number of aliphatic hydroxyl groups is 2. The molecule has 3 aromatic carbocycles. The molecule has 0 aliphatic heterocycles. The van der Waals surface area contributed by atoms with E-state index < -0.39 is 83.0 Å². The Morgan fingerprint density at radius 3 is 0.986 bits per heavy atom. The van der Waals surface area contributed by atoms with Crippen molar-refractivity contribution in [2.45, 2.75) is 72.5 Å². The number of carboxylic acid groups (broad SMARTS) is 6. The van der Waals surface area contributed by atoms with Gasteiger partial charge in [-0.15, -0.1) is 0 Å². The van der Waals surface area contributed by atoms with Gasteiger partial charge in [0.05, 0.1) is 13.7 Å². The van der Waals surface area contributed by atoms with E-state index in [1.165, 1.54) is 12.4 Å². The Morgan fingerprint density at radius 1 is 0.471 bits per heavy atom. The molecule has 0 fully saturated rings. The summed E-state index contributed by atoms with van der Waals surface area (Å²) >= 11 is 7.14. The number of carbonyl (C=O) groups is 10. The minimum Gasteiger partial charge on any atom is -0.479 e. The van der Waals surface area contributed by atoms with Gasteiger partial charge in [-0.1, -0.05) is 76.9 Å². The van der Waals surface area contributed by atoms with E-state index in [9.17, 15) is 58.2 Å². The summed E-state index contributed by atoms with van der Waals surface area (Å²) in [6, 6.07) is 21.6. The molecule has 0 unspecified atom stereocenters. The summed E-state index contributed by atoms with van der Waals surface area (Å²) in [5.41, 5.74) is -0.790. The molecule has 0 saturated carbocycles. The average Bonchev–Trinajstić information content (AvgIpc) is 3.98. The lowest BCUT2D eigenvalue weighted by Gasteiger charge is -2.21. The van der Waals surface area contributed by atoms with Crippen LogP contribution in [-0.2, 0) is 67.2 Å². The minimum atomic E-state index is -2.46. The van der Waals surface area contributed by atoms with Crippen LogP contribution in [0.4, 0.5) is 0 Å². The number of para-hydroxylation sites is 3. The first-order valence-electron chi connectivity index (χ1n) is 18.6. The highest BCUT2D eigenvalue weighted by Gasteiger charge is 2.42. The second-order valence-corrected chi connectivity index (χ2v) is 39.6. The van der Waals surface area contributed by atoms with Crippen molar-refractivity contribution in [2.75, 3.05) is 0 Å². The lowest BCUT2D eigenvalue weighted by Crippen LogP contribution is -2.44. The van der Waals surface area contributed by atoms with Crippen molar-refractivity contribution < 1.29 is 88.8 Å². The number of aromatic amines is 3. The molecule has 0 saturated heterocycles. The van der Waals surface area contributed by atoms with E-state index in [-0.39, 0.29) is 42.4 Å². The molecule has 3 heterocycles. The Bertz CT molecular complexity index is 2670. The summed E-state index contributed by atoms with van der Waals surface area (Å²) in [5.74, 6) is -13.9. The molecule has 2 atom stereocenters. The number of Topliss-reactive ketones (excluding diaryl/α,β-unsaturated/α-hetero) is 4. The van der Waals surface area contributed by atoms with Gasteiger partial charge in [-0.25, -0.2) is 28.8 Å². The molecule has 0 radical (unpaired) electrons. The number of halogens is 3. The second kappa shape index (κ2) is 30.8. The van der Waals surface area contributed by atoms with Crippen LogP contribution >= 0.6 is 67.0 Å². The Balaban J connectivity index is 0. The van der Waals surface area contributed by atoms with Crippen molar-refractivity contribution in [3.8, 4) is 0 Å². The SMILES string of the molecule is C.C.C.CC(=O)C(=O)O.IP(I)I.O=C(O)C(=O)C[C@@](O)(Cc1c[nH]c2ccccc12)C(=O)O.O=C(O)C(=O)C[C@](O)(Cc1c[nH]c2ccccc12)C(=O)O.O=C(O)C(=O)Cc1c[nH]c2ccccc12. The summed E-state index contributed by atoms with van der Waals surface area (Å²) in [4.78, 5) is 115.